The minimum absolute atomic E-state index is 0.0127. The lowest BCUT2D eigenvalue weighted by molar-refractivity contribution is -0.0831. The van der Waals surface area contributed by atoms with Gasteiger partial charge in [0, 0.05) is 14.1 Å². The topological polar surface area (TPSA) is 122 Å². The van der Waals surface area contributed by atoms with Crippen molar-refractivity contribution in [1.29, 1.82) is 0 Å². The summed E-state index contributed by atoms with van der Waals surface area (Å²) < 4.78 is 12.6. The van der Waals surface area contributed by atoms with Crippen molar-refractivity contribution in [3.05, 3.63) is 24.7 Å². The van der Waals surface area contributed by atoms with Crippen molar-refractivity contribution in [2.24, 2.45) is 4.99 Å². The number of furan rings is 1. The van der Waals surface area contributed by atoms with E-state index >= 15 is 0 Å². The molecule has 144 valence electrons. The molecule has 0 bridgehead atoms. The first-order valence-corrected chi connectivity index (χ1v) is 8.37. The van der Waals surface area contributed by atoms with Crippen LogP contribution in [0.15, 0.2) is 34.1 Å². The predicted molar refractivity (Wildman–Crippen MR) is 98.5 cm³/mol. The minimum atomic E-state index is -0.823. The van der Waals surface area contributed by atoms with Crippen molar-refractivity contribution in [3.8, 4) is 11.5 Å². The first kappa shape index (κ1) is 19.0. The highest BCUT2D eigenvalue weighted by Gasteiger charge is 2.21. The van der Waals surface area contributed by atoms with Gasteiger partial charge < -0.3 is 24.3 Å². The zero-order valence-electron chi connectivity index (χ0n) is 15.3. The Bertz CT molecular complexity index is 904. The van der Waals surface area contributed by atoms with Gasteiger partial charge in [-0.25, -0.2) is 19.6 Å². The van der Waals surface area contributed by atoms with E-state index in [0.29, 0.717) is 28.3 Å². The van der Waals surface area contributed by atoms with Crippen LogP contribution in [0, 0.1) is 0 Å². The van der Waals surface area contributed by atoms with Crippen LogP contribution >= 0.6 is 0 Å². The summed E-state index contributed by atoms with van der Waals surface area (Å²) in [6.45, 7) is 1.23. The Morgan fingerprint density at radius 1 is 1.41 bits per heavy atom. The van der Waals surface area contributed by atoms with Gasteiger partial charge in [-0.2, -0.15) is 5.10 Å². The number of aliphatic hydroxyl groups excluding tert-OH is 2. The van der Waals surface area contributed by atoms with E-state index in [1.165, 1.54) is 11.0 Å². The normalized spacial score (nSPS) is 14.1. The number of hydrogen-bond acceptors (Lipinski definition) is 8. The highest BCUT2D eigenvalue weighted by atomic mass is 16.5. The van der Waals surface area contributed by atoms with Gasteiger partial charge in [-0.05, 0) is 19.1 Å². The standard InChI is InChI=1S/C17H22N6O4/c1-11(25)13(7-24)27-10-23-17-14(15(21-23)12-5-4-6-26-12)16(18-8-19-17)20-9-22(2)3/h4-6,8-9,11,13,24-25H,7,10H2,1-3H3/b20-9-. The van der Waals surface area contributed by atoms with Crippen LogP contribution in [-0.2, 0) is 11.5 Å². The van der Waals surface area contributed by atoms with Crippen LogP contribution in [0.2, 0.25) is 0 Å². The second-order valence-corrected chi connectivity index (χ2v) is 6.19. The van der Waals surface area contributed by atoms with E-state index in [-0.39, 0.29) is 13.3 Å². The lowest BCUT2D eigenvalue weighted by atomic mass is 10.2. The van der Waals surface area contributed by atoms with Crippen molar-refractivity contribution in [2.75, 3.05) is 20.7 Å². The molecule has 0 radical (unpaired) electrons. The van der Waals surface area contributed by atoms with Crippen LogP contribution in [0.1, 0.15) is 6.92 Å². The molecule has 0 fully saturated rings. The summed E-state index contributed by atoms with van der Waals surface area (Å²) in [7, 11) is 3.72. The molecule has 2 atom stereocenters. The Balaban J connectivity index is 2.06. The molecule has 0 aliphatic carbocycles. The molecule has 3 aromatic heterocycles. The van der Waals surface area contributed by atoms with Crippen molar-refractivity contribution in [1.82, 2.24) is 24.6 Å². The van der Waals surface area contributed by atoms with Gasteiger partial charge in [-0.3, -0.25) is 0 Å². The Hall–Kier alpha value is -2.82. The molecular weight excluding hydrogens is 352 g/mol. The van der Waals surface area contributed by atoms with Gasteiger partial charge in [-0.1, -0.05) is 0 Å². The number of nitrogens with zero attached hydrogens (tertiary/aromatic N) is 6. The zero-order valence-corrected chi connectivity index (χ0v) is 15.3. The number of fused-ring (bicyclic) bond motifs is 1. The van der Waals surface area contributed by atoms with E-state index in [0.717, 1.165) is 0 Å². The van der Waals surface area contributed by atoms with Crippen LogP contribution in [0.4, 0.5) is 5.82 Å². The Kier molecular flexibility index (Phi) is 5.79. The number of hydrogen-bond donors (Lipinski definition) is 2. The SMILES string of the molecule is CC(O)C(CO)OCn1nc(-c2ccco2)c2c(/N=C\N(C)C)ncnc21. The van der Waals surface area contributed by atoms with Gasteiger partial charge in [-0.15, -0.1) is 0 Å². The van der Waals surface area contributed by atoms with Crippen molar-refractivity contribution < 1.29 is 19.4 Å². The lowest BCUT2D eigenvalue weighted by Crippen LogP contribution is -2.31. The quantitative estimate of drug-likeness (QED) is 0.443. The second-order valence-electron chi connectivity index (χ2n) is 6.19. The largest absolute Gasteiger partial charge is 0.463 e. The molecule has 10 nitrogen and oxygen atoms in total. The van der Waals surface area contributed by atoms with Gasteiger partial charge in [0.15, 0.2) is 17.2 Å². The summed E-state index contributed by atoms with van der Waals surface area (Å²) in [5.41, 5.74) is 1.03. The third kappa shape index (κ3) is 4.13. The number of aliphatic hydroxyl groups is 2. The molecule has 27 heavy (non-hydrogen) atoms. The van der Waals surface area contributed by atoms with E-state index in [9.17, 15) is 10.2 Å². The fourth-order valence-corrected chi connectivity index (χ4v) is 2.45. The summed E-state index contributed by atoms with van der Waals surface area (Å²) >= 11 is 0. The van der Waals surface area contributed by atoms with E-state index < -0.39 is 12.2 Å². The summed E-state index contributed by atoms with van der Waals surface area (Å²) in [5.74, 6) is 0.990. The number of ether oxygens (including phenoxy) is 1. The van der Waals surface area contributed by atoms with E-state index in [1.54, 1.807) is 36.6 Å². The van der Waals surface area contributed by atoms with Crippen LogP contribution < -0.4 is 0 Å². The molecule has 0 aliphatic rings. The monoisotopic (exact) mass is 374 g/mol. The molecule has 2 N–H and O–H groups in total. The second kappa shape index (κ2) is 8.25. The van der Waals surface area contributed by atoms with Crippen molar-refractivity contribution in [3.63, 3.8) is 0 Å². The van der Waals surface area contributed by atoms with Gasteiger partial charge in [0.25, 0.3) is 0 Å². The van der Waals surface area contributed by atoms with Gasteiger partial charge in [0.2, 0.25) is 0 Å². The number of aliphatic imine (C=N–C) groups is 1. The van der Waals surface area contributed by atoms with Crippen molar-refractivity contribution >= 4 is 23.2 Å². The summed E-state index contributed by atoms with van der Waals surface area (Å²) in [6.07, 6.45) is 3.03. The molecule has 0 aromatic carbocycles. The highest BCUT2D eigenvalue weighted by Crippen LogP contribution is 2.32. The predicted octanol–water partition coefficient (Wildman–Crippen LogP) is 1.02. The Morgan fingerprint density at radius 3 is 2.85 bits per heavy atom. The van der Waals surface area contributed by atoms with E-state index in [4.69, 9.17) is 9.15 Å². The third-order valence-electron chi connectivity index (χ3n) is 3.80. The van der Waals surface area contributed by atoms with Crippen LogP contribution in [-0.4, -0.2) is 74.1 Å². The summed E-state index contributed by atoms with van der Waals surface area (Å²) in [5, 5.41) is 24.1. The molecule has 2 unspecified atom stereocenters. The maximum atomic E-state index is 9.65. The molecule has 0 aliphatic heterocycles. The maximum Gasteiger partial charge on any atom is 0.168 e. The zero-order chi connectivity index (χ0) is 19.4. The smallest absolute Gasteiger partial charge is 0.168 e. The molecule has 0 saturated carbocycles. The highest BCUT2D eigenvalue weighted by molar-refractivity contribution is 5.97. The molecule has 0 amide bonds. The summed E-state index contributed by atoms with van der Waals surface area (Å²) in [4.78, 5) is 14.7. The lowest BCUT2D eigenvalue weighted by Gasteiger charge is -2.17. The van der Waals surface area contributed by atoms with Crippen LogP contribution in [0.25, 0.3) is 22.5 Å². The first-order chi connectivity index (χ1) is 13.0. The minimum Gasteiger partial charge on any atom is -0.463 e. The molecule has 3 heterocycles. The molecule has 0 spiro atoms. The molecule has 3 aromatic rings. The number of aromatic nitrogens is 4. The third-order valence-corrected chi connectivity index (χ3v) is 3.80. The maximum absolute atomic E-state index is 9.65. The molecule has 3 rings (SSSR count). The van der Waals surface area contributed by atoms with Gasteiger partial charge >= 0.3 is 0 Å². The Labute approximate surface area is 155 Å². The fourth-order valence-electron chi connectivity index (χ4n) is 2.45. The Morgan fingerprint density at radius 2 is 2.22 bits per heavy atom. The molecular formula is C17H22N6O4. The average molecular weight is 374 g/mol. The van der Waals surface area contributed by atoms with Crippen LogP contribution in [0.5, 0.6) is 0 Å². The number of rotatable bonds is 8. The first-order valence-electron chi connectivity index (χ1n) is 8.37. The molecule has 0 saturated heterocycles. The van der Waals surface area contributed by atoms with Gasteiger partial charge in [0.05, 0.1) is 30.7 Å². The van der Waals surface area contributed by atoms with Gasteiger partial charge in [0.1, 0.15) is 24.9 Å². The summed E-state index contributed by atoms with van der Waals surface area (Å²) in [6, 6.07) is 3.55. The fraction of sp³-hybridized carbons (Fsp3) is 0.412. The molecule has 10 heteroatoms. The van der Waals surface area contributed by atoms with E-state index in [1.807, 2.05) is 14.1 Å². The van der Waals surface area contributed by atoms with Crippen molar-refractivity contribution in [2.45, 2.75) is 25.9 Å². The van der Waals surface area contributed by atoms with Crippen LogP contribution in [0.3, 0.4) is 0 Å². The van der Waals surface area contributed by atoms with E-state index in [2.05, 4.69) is 20.1 Å². The average Bonchev–Trinajstić information content (AvgIpc) is 3.28.